The second-order valence-electron chi connectivity index (χ2n) is 14.1. The Morgan fingerprint density at radius 3 is 1.85 bits per heavy atom. The molecular formula is C50H30N4O. The number of benzene rings is 8. The van der Waals surface area contributed by atoms with Crippen molar-refractivity contribution in [2.75, 3.05) is 0 Å². The van der Waals surface area contributed by atoms with Crippen molar-refractivity contribution in [2.45, 2.75) is 0 Å². The third kappa shape index (κ3) is 4.35. The Morgan fingerprint density at radius 2 is 1.00 bits per heavy atom. The van der Waals surface area contributed by atoms with E-state index in [-0.39, 0.29) is 0 Å². The molecule has 0 unspecified atom stereocenters. The molecule has 12 aromatic rings. The molecule has 0 fully saturated rings. The van der Waals surface area contributed by atoms with Gasteiger partial charge >= 0.3 is 0 Å². The van der Waals surface area contributed by atoms with Gasteiger partial charge < -0.3 is 13.6 Å². The average Bonchev–Trinajstić information content (AvgIpc) is 3.91. The van der Waals surface area contributed by atoms with E-state index in [0.717, 1.165) is 83.0 Å². The van der Waals surface area contributed by atoms with Gasteiger partial charge in [0.2, 0.25) is 0 Å². The Bertz CT molecular complexity index is 3480. The van der Waals surface area contributed by atoms with Gasteiger partial charge in [0, 0.05) is 54.8 Å². The zero-order valence-electron chi connectivity index (χ0n) is 29.5. The Morgan fingerprint density at radius 1 is 0.382 bits per heavy atom. The summed E-state index contributed by atoms with van der Waals surface area (Å²) < 4.78 is 11.6. The number of fused-ring (bicyclic) bond motifs is 12. The highest BCUT2D eigenvalue weighted by atomic mass is 16.3. The summed E-state index contributed by atoms with van der Waals surface area (Å²) in [4.78, 5) is 10.3. The number of para-hydroxylation sites is 4. The van der Waals surface area contributed by atoms with Gasteiger partial charge in [0.05, 0.1) is 38.7 Å². The van der Waals surface area contributed by atoms with Crippen molar-refractivity contribution in [2.24, 2.45) is 0 Å². The standard InChI is InChI=1S/C50H30N4O/c1-3-14-31(15-4-1)48-37-21-7-10-23-39(37)51-50(52-48)32-16-13-19-34(30-32)54-42-29-28-41-45(38-22-8-11-24-40(38)53(41)33-17-5-2-6-18-33)46(42)47-43(54)27-26-36-35-20-9-12-25-44(35)55-49(36)47/h1-30H. The van der Waals surface area contributed by atoms with E-state index in [4.69, 9.17) is 14.4 Å². The zero-order chi connectivity index (χ0) is 36.0. The van der Waals surface area contributed by atoms with E-state index < -0.39 is 0 Å². The van der Waals surface area contributed by atoms with Gasteiger partial charge in [0.15, 0.2) is 5.82 Å². The summed E-state index contributed by atoms with van der Waals surface area (Å²) in [5.41, 5.74) is 12.3. The van der Waals surface area contributed by atoms with E-state index in [1.165, 1.54) is 21.7 Å². The highest BCUT2D eigenvalue weighted by molar-refractivity contribution is 6.34. The molecule has 0 radical (unpaired) electrons. The molecule has 0 atom stereocenters. The maximum absolute atomic E-state index is 6.82. The fourth-order valence-corrected chi connectivity index (χ4v) is 8.76. The molecule has 0 saturated carbocycles. The molecule has 5 heteroatoms. The largest absolute Gasteiger partial charge is 0.455 e. The summed E-state index contributed by atoms with van der Waals surface area (Å²) in [6, 6.07) is 64.0. The molecular weight excluding hydrogens is 673 g/mol. The van der Waals surface area contributed by atoms with Gasteiger partial charge in [-0.25, -0.2) is 9.97 Å². The molecule has 256 valence electrons. The van der Waals surface area contributed by atoms with Crippen LogP contribution in [0.3, 0.4) is 0 Å². The predicted molar refractivity (Wildman–Crippen MR) is 226 cm³/mol. The van der Waals surface area contributed by atoms with Crippen molar-refractivity contribution < 1.29 is 4.42 Å². The van der Waals surface area contributed by atoms with Crippen LogP contribution in [0.25, 0.3) is 110 Å². The van der Waals surface area contributed by atoms with Crippen LogP contribution in [0.15, 0.2) is 186 Å². The summed E-state index contributed by atoms with van der Waals surface area (Å²) in [6.45, 7) is 0. The topological polar surface area (TPSA) is 48.8 Å². The Labute approximate surface area is 315 Å². The summed E-state index contributed by atoms with van der Waals surface area (Å²) in [5, 5.41) is 7.93. The molecule has 55 heavy (non-hydrogen) atoms. The molecule has 0 aliphatic heterocycles. The quantitative estimate of drug-likeness (QED) is 0.183. The highest BCUT2D eigenvalue weighted by Crippen LogP contribution is 2.46. The number of furan rings is 1. The summed E-state index contributed by atoms with van der Waals surface area (Å²) in [5.74, 6) is 0.688. The lowest BCUT2D eigenvalue weighted by atomic mass is 10.0. The first-order chi connectivity index (χ1) is 27.3. The van der Waals surface area contributed by atoms with E-state index in [1.54, 1.807) is 0 Å². The van der Waals surface area contributed by atoms with E-state index in [1.807, 2.05) is 24.3 Å². The first-order valence-electron chi connectivity index (χ1n) is 18.6. The lowest BCUT2D eigenvalue weighted by Crippen LogP contribution is -1.98. The third-order valence-electron chi connectivity index (χ3n) is 11.1. The number of nitrogens with zero attached hydrogens (tertiary/aromatic N) is 4. The molecule has 0 amide bonds. The second-order valence-corrected chi connectivity index (χ2v) is 14.1. The van der Waals surface area contributed by atoms with E-state index in [9.17, 15) is 0 Å². The molecule has 0 aliphatic rings. The normalized spacial score (nSPS) is 12.0. The van der Waals surface area contributed by atoms with Crippen molar-refractivity contribution >= 4 is 76.5 Å². The Kier molecular flexibility index (Phi) is 6.27. The Balaban J connectivity index is 1.19. The molecule has 4 aromatic heterocycles. The number of hydrogen-bond acceptors (Lipinski definition) is 3. The fourth-order valence-electron chi connectivity index (χ4n) is 8.76. The van der Waals surface area contributed by atoms with Crippen LogP contribution in [0.1, 0.15) is 0 Å². The molecule has 0 saturated heterocycles. The lowest BCUT2D eigenvalue weighted by Gasteiger charge is -2.12. The summed E-state index contributed by atoms with van der Waals surface area (Å²) >= 11 is 0. The van der Waals surface area contributed by atoms with Gasteiger partial charge in [-0.1, -0.05) is 115 Å². The smallest absolute Gasteiger partial charge is 0.160 e. The number of hydrogen-bond donors (Lipinski definition) is 0. The summed E-state index contributed by atoms with van der Waals surface area (Å²) in [7, 11) is 0. The average molecular weight is 703 g/mol. The Hall–Kier alpha value is -7.50. The van der Waals surface area contributed by atoms with Crippen LogP contribution in [0.2, 0.25) is 0 Å². The van der Waals surface area contributed by atoms with Crippen molar-refractivity contribution in [3.05, 3.63) is 182 Å². The van der Waals surface area contributed by atoms with Gasteiger partial charge in [0.1, 0.15) is 11.2 Å². The van der Waals surface area contributed by atoms with Crippen molar-refractivity contribution in [1.29, 1.82) is 0 Å². The maximum Gasteiger partial charge on any atom is 0.160 e. The molecule has 4 heterocycles. The monoisotopic (exact) mass is 702 g/mol. The molecule has 8 aromatic carbocycles. The molecule has 0 bridgehead atoms. The predicted octanol–water partition coefficient (Wildman–Crippen LogP) is 13.1. The minimum Gasteiger partial charge on any atom is -0.455 e. The molecule has 0 spiro atoms. The van der Waals surface area contributed by atoms with Crippen LogP contribution in [0, 0.1) is 0 Å². The first-order valence-corrected chi connectivity index (χ1v) is 18.6. The molecule has 5 nitrogen and oxygen atoms in total. The zero-order valence-corrected chi connectivity index (χ0v) is 29.5. The van der Waals surface area contributed by atoms with Crippen molar-refractivity contribution in [3.63, 3.8) is 0 Å². The maximum atomic E-state index is 6.82. The van der Waals surface area contributed by atoms with Crippen molar-refractivity contribution in [1.82, 2.24) is 19.1 Å². The molecule has 0 aliphatic carbocycles. The van der Waals surface area contributed by atoms with Crippen LogP contribution in [0.5, 0.6) is 0 Å². The van der Waals surface area contributed by atoms with E-state index in [0.29, 0.717) is 5.82 Å². The van der Waals surface area contributed by atoms with Gasteiger partial charge in [-0.05, 0) is 66.7 Å². The highest BCUT2D eigenvalue weighted by Gasteiger charge is 2.24. The van der Waals surface area contributed by atoms with Gasteiger partial charge in [-0.15, -0.1) is 0 Å². The van der Waals surface area contributed by atoms with Gasteiger partial charge in [0.25, 0.3) is 0 Å². The fraction of sp³-hybridized carbons (Fsp3) is 0. The van der Waals surface area contributed by atoms with Crippen LogP contribution >= 0.6 is 0 Å². The van der Waals surface area contributed by atoms with Gasteiger partial charge in [-0.3, -0.25) is 0 Å². The lowest BCUT2D eigenvalue weighted by molar-refractivity contribution is 0.673. The SMILES string of the molecule is c1ccc(-c2nc(-c3cccc(-n4c5ccc6c7ccccc7oc6c5c5c6c7ccccc7n(-c7ccccc7)c6ccc54)c3)nc3ccccc23)cc1. The van der Waals surface area contributed by atoms with Crippen molar-refractivity contribution in [3.8, 4) is 34.0 Å². The van der Waals surface area contributed by atoms with Crippen LogP contribution in [-0.4, -0.2) is 19.1 Å². The minimum absolute atomic E-state index is 0.688. The first kappa shape index (κ1) is 30.0. The van der Waals surface area contributed by atoms with Crippen LogP contribution in [0.4, 0.5) is 0 Å². The van der Waals surface area contributed by atoms with E-state index in [2.05, 4.69) is 167 Å². The van der Waals surface area contributed by atoms with Crippen LogP contribution < -0.4 is 0 Å². The van der Waals surface area contributed by atoms with Crippen LogP contribution in [-0.2, 0) is 0 Å². The van der Waals surface area contributed by atoms with Gasteiger partial charge in [-0.2, -0.15) is 0 Å². The minimum atomic E-state index is 0.688. The third-order valence-corrected chi connectivity index (χ3v) is 11.1. The number of aromatic nitrogens is 4. The summed E-state index contributed by atoms with van der Waals surface area (Å²) in [6.07, 6.45) is 0. The molecule has 0 N–H and O–H groups in total. The molecule has 12 rings (SSSR count). The second kappa shape index (κ2) is 11.5. The number of rotatable bonds is 4. The van der Waals surface area contributed by atoms with E-state index >= 15 is 0 Å².